The SMILES string of the molecule is Cc1cc2c(o1)CCCC2=O.O.O. The molecule has 0 atom stereocenters. The van der Waals surface area contributed by atoms with Gasteiger partial charge in [-0.3, -0.25) is 4.79 Å². The molecule has 0 aliphatic heterocycles. The van der Waals surface area contributed by atoms with Crippen molar-refractivity contribution in [2.45, 2.75) is 26.2 Å². The van der Waals surface area contributed by atoms with Gasteiger partial charge in [-0.15, -0.1) is 0 Å². The van der Waals surface area contributed by atoms with Gasteiger partial charge in [0.25, 0.3) is 0 Å². The van der Waals surface area contributed by atoms with Crippen LogP contribution in [0.25, 0.3) is 0 Å². The van der Waals surface area contributed by atoms with Crippen LogP contribution in [0.4, 0.5) is 0 Å². The fourth-order valence-corrected chi connectivity index (χ4v) is 1.53. The predicted molar refractivity (Wildman–Crippen MR) is 47.9 cm³/mol. The van der Waals surface area contributed by atoms with Gasteiger partial charge >= 0.3 is 0 Å². The van der Waals surface area contributed by atoms with E-state index in [1.54, 1.807) is 0 Å². The molecule has 0 saturated heterocycles. The Morgan fingerprint density at radius 3 is 2.62 bits per heavy atom. The van der Waals surface area contributed by atoms with Gasteiger partial charge in [-0.05, 0) is 19.4 Å². The second kappa shape index (κ2) is 4.20. The summed E-state index contributed by atoms with van der Waals surface area (Å²) < 4.78 is 5.36. The van der Waals surface area contributed by atoms with E-state index >= 15 is 0 Å². The molecule has 1 aliphatic rings. The monoisotopic (exact) mass is 186 g/mol. The fraction of sp³-hybridized carbons (Fsp3) is 0.444. The van der Waals surface area contributed by atoms with E-state index in [0.29, 0.717) is 6.42 Å². The Hall–Kier alpha value is -1.13. The molecular weight excluding hydrogens is 172 g/mol. The van der Waals surface area contributed by atoms with Crippen LogP contribution >= 0.6 is 0 Å². The molecule has 0 radical (unpaired) electrons. The first-order valence-corrected chi connectivity index (χ1v) is 3.90. The minimum absolute atomic E-state index is 0. The molecule has 0 saturated carbocycles. The summed E-state index contributed by atoms with van der Waals surface area (Å²) in [5, 5.41) is 0. The van der Waals surface area contributed by atoms with E-state index in [-0.39, 0.29) is 16.7 Å². The normalized spacial score (nSPS) is 14.1. The molecule has 1 heterocycles. The van der Waals surface area contributed by atoms with E-state index in [2.05, 4.69) is 0 Å². The highest BCUT2D eigenvalue weighted by Crippen LogP contribution is 2.23. The summed E-state index contributed by atoms with van der Waals surface area (Å²) >= 11 is 0. The van der Waals surface area contributed by atoms with E-state index in [4.69, 9.17) is 4.42 Å². The van der Waals surface area contributed by atoms with E-state index in [0.717, 1.165) is 29.9 Å². The van der Waals surface area contributed by atoms with Crippen molar-refractivity contribution in [2.24, 2.45) is 0 Å². The molecule has 4 N–H and O–H groups in total. The summed E-state index contributed by atoms with van der Waals surface area (Å²) in [6.07, 6.45) is 2.56. The summed E-state index contributed by atoms with van der Waals surface area (Å²) in [6, 6.07) is 1.84. The number of aryl methyl sites for hydroxylation is 2. The molecule has 0 fully saturated rings. The number of carbonyl (C=O) groups excluding carboxylic acids is 1. The molecule has 0 bridgehead atoms. The van der Waals surface area contributed by atoms with Gasteiger partial charge in [0.2, 0.25) is 0 Å². The maximum absolute atomic E-state index is 11.2. The Bertz CT molecular complexity index is 301. The molecule has 0 spiro atoms. The van der Waals surface area contributed by atoms with Crippen LogP contribution in [0, 0.1) is 6.92 Å². The van der Waals surface area contributed by atoms with Crippen LogP contribution in [-0.4, -0.2) is 16.7 Å². The molecule has 4 heteroatoms. The van der Waals surface area contributed by atoms with Crippen LogP contribution in [0.3, 0.4) is 0 Å². The van der Waals surface area contributed by atoms with E-state index in [1.165, 1.54) is 0 Å². The van der Waals surface area contributed by atoms with Gasteiger partial charge in [0.05, 0.1) is 5.56 Å². The Kier molecular flexibility index (Phi) is 3.84. The van der Waals surface area contributed by atoms with Crippen LogP contribution in [0.15, 0.2) is 10.5 Å². The first-order valence-electron chi connectivity index (χ1n) is 3.90. The zero-order valence-electron chi connectivity index (χ0n) is 7.52. The molecular formula is C9H14O4. The van der Waals surface area contributed by atoms with Gasteiger partial charge in [-0.1, -0.05) is 0 Å². The highest BCUT2D eigenvalue weighted by atomic mass is 16.3. The van der Waals surface area contributed by atoms with Crippen molar-refractivity contribution < 1.29 is 20.2 Å². The maximum atomic E-state index is 11.2. The van der Waals surface area contributed by atoms with Crippen molar-refractivity contribution in [3.8, 4) is 0 Å². The molecule has 0 unspecified atom stereocenters. The van der Waals surface area contributed by atoms with E-state index in [9.17, 15) is 4.79 Å². The number of Topliss-reactive ketones (excluding diaryl/α,β-unsaturated/α-hetero) is 1. The van der Waals surface area contributed by atoms with Gasteiger partial charge in [0.15, 0.2) is 5.78 Å². The van der Waals surface area contributed by atoms with Gasteiger partial charge < -0.3 is 15.4 Å². The highest BCUT2D eigenvalue weighted by molar-refractivity contribution is 5.98. The second-order valence-electron chi connectivity index (χ2n) is 2.97. The Labute approximate surface area is 76.2 Å². The van der Waals surface area contributed by atoms with Gasteiger partial charge in [0.1, 0.15) is 11.5 Å². The molecule has 0 aromatic carbocycles. The maximum Gasteiger partial charge on any atom is 0.166 e. The van der Waals surface area contributed by atoms with Crippen molar-refractivity contribution >= 4 is 5.78 Å². The average molecular weight is 186 g/mol. The van der Waals surface area contributed by atoms with Crippen molar-refractivity contribution in [1.29, 1.82) is 0 Å². The van der Waals surface area contributed by atoms with E-state index in [1.807, 2.05) is 13.0 Å². The molecule has 13 heavy (non-hydrogen) atoms. The lowest BCUT2D eigenvalue weighted by atomic mass is 9.97. The van der Waals surface area contributed by atoms with Gasteiger partial charge in [0, 0.05) is 12.8 Å². The Morgan fingerprint density at radius 1 is 1.31 bits per heavy atom. The summed E-state index contributed by atoms with van der Waals surface area (Å²) in [7, 11) is 0. The predicted octanol–water partition coefficient (Wildman–Crippen LogP) is 0.458. The number of hydrogen-bond acceptors (Lipinski definition) is 2. The summed E-state index contributed by atoms with van der Waals surface area (Å²) in [6.45, 7) is 1.88. The minimum Gasteiger partial charge on any atom is -0.466 e. The number of carbonyl (C=O) groups is 1. The smallest absolute Gasteiger partial charge is 0.166 e. The Morgan fingerprint density at radius 2 is 2.00 bits per heavy atom. The lowest BCUT2D eigenvalue weighted by Crippen LogP contribution is -2.07. The van der Waals surface area contributed by atoms with Crippen LogP contribution < -0.4 is 0 Å². The fourth-order valence-electron chi connectivity index (χ4n) is 1.53. The van der Waals surface area contributed by atoms with E-state index < -0.39 is 0 Å². The number of rotatable bonds is 0. The molecule has 2 rings (SSSR count). The number of hydrogen-bond donors (Lipinski definition) is 0. The highest BCUT2D eigenvalue weighted by Gasteiger charge is 2.20. The third kappa shape index (κ3) is 1.96. The summed E-state index contributed by atoms with van der Waals surface area (Å²) in [5.74, 6) is 1.98. The molecule has 74 valence electrons. The summed E-state index contributed by atoms with van der Waals surface area (Å²) in [4.78, 5) is 11.2. The third-order valence-corrected chi connectivity index (χ3v) is 2.04. The largest absolute Gasteiger partial charge is 0.466 e. The quantitative estimate of drug-likeness (QED) is 0.588. The molecule has 4 nitrogen and oxygen atoms in total. The third-order valence-electron chi connectivity index (χ3n) is 2.04. The summed E-state index contributed by atoms with van der Waals surface area (Å²) in [5.41, 5.74) is 0.814. The van der Waals surface area contributed by atoms with Crippen LogP contribution in [0.2, 0.25) is 0 Å². The van der Waals surface area contributed by atoms with Crippen molar-refractivity contribution in [1.82, 2.24) is 0 Å². The van der Waals surface area contributed by atoms with Crippen molar-refractivity contribution in [2.75, 3.05) is 0 Å². The minimum atomic E-state index is 0. The zero-order chi connectivity index (χ0) is 7.84. The average Bonchev–Trinajstić information content (AvgIpc) is 2.31. The molecule has 1 aromatic heterocycles. The number of ketones is 1. The van der Waals surface area contributed by atoms with Crippen molar-refractivity contribution in [3.63, 3.8) is 0 Å². The van der Waals surface area contributed by atoms with Crippen LogP contribution in [0.5, 0.6) is 0 Å². The Balaban J connectivity index is 0.000000720. The number of furan rings is 1. The second-order valence-corrected chi connectivity index (χ2v) is 2.97. The number of fused-ring (bicyclic) bond motifs is 1. The lowest BCUT2D eigenvalue weighted by Gasteiger charge is -2.06. The van der Waals surface area contributed by atoms with Crippen molar-refractivity contribution in [3.05, 3.63) is 23.2 Å². The topological polar surface area (TPSA) is 93.2 Å². The van der Waals surface area contributed by atoms with Crippen LogP contribution in [0.1, 0.15) is 34.7 Å². The standard InChI is InChI=1S/C9H10O2.2H2O/c1-6-5-7-8(10)3-2-4-9(7)11-6;;/h5H,2-4H2,1H3;2*1H2. The molecule has 0 amide bonds. The van der Waals surface area contributed by atoms with Crippen LogP contribution in [-0.2, 0) is 6.42 Å². The molecule has 1 aliphatic carbocycles. The van der Waals surface area contributed by atoms with Gasteiger partial charge in [-0.2, -0.15) is 0 Å². The first kappa shape index (κ1) is 11.9. The van der Waals surface area contributed by atoms with Gasteiger partial charge in [-0.25, -0.2) is 0 Å². The first-order chi connectivity index (χ1) is 5.27. The molecule has 1 aromatic rings. The lowest BCUT2D eigenvalue weighted by molar-refractivity contribution is 0.0969. The zero-order valence-corrected chi connectivity index (χ0v) is 7.52.